The van der Waals surface area contributed by atoms with Crippen molar-refractivity contribution < 1.29 is 5.11 Å². The average Bonchev–Trinajstić information content (AvgIpc) is 2.37. The van der Waals surface area contributed by atoms with E-state index < -0.39 is 0 Å². The lowest BCUT2D eigenvalue weighted by Gasteiger charge is -2.37. The molecule has 0 spiro atoms. The highest BCUT2D eigenvalue weighted by atomic mass is 16.3. The molecule has 0 radical (unpaired) electrons. The second kappa shape index (κ2) is 5.88. The molecular formula is C17H26O. The number of rotatable bonds is 3. The molecule has 1 N–H and O–H groups in total. The van der Waals surface area contributed by atoms with E-state index in [1.807, 2.05) is 30.3 Å². The van der Waals surface area contributed by atoms with Gasteiger partial charge in [-0.05, 0) is 48.5 Å². The lowest BCUT2D eigenvalue weighted by molar-refractivity contribution is 0.0492. The molecule has 100 valence electrons. The third kappa shape index (κ3) is 3.14. The van der Waals surface area contributed by atoms with Gasteiger partial charge in [-0.1, -0.05) is 51.1 Å². The van der Waals surface area contributed by atoms with E-state index in [0.717, 1.165) is 17.4 Å². The van der Waals surface area contributed by atoms with Crippen LogP contribution in [0.4, 0.5) is 0 Å². The molecule has 0 saturated heterocycles. The molecule has 1 heteroatoms. The van der Waals surface area contributed by atoms with Crippen LogP contribution in [0.3, 0.4) is 0 Å². The van der Waals surface area contributed by atoms with Crippen LogP contribution in [-0.2, 0) is 0 Å². The van der Waals surface area contributed by atoms with Gasteiger partial charge in [0.15, 0.2) is 0 Å². The molecule has 2 rings (SSSR count). The monoisotopic (exact) mass is 246 g/mol. The minimum atomic E-state index is -0.311. The summed E-state index contributed by atoms with van der Waals surface area (Å²) in [6.07, 6.45) is 3.59. The molecule has 1 fully saturated rings. The molecule has 1 aliphatic rings. The van der Waals surface area contributed by atoms with Crippen molar-refractivity contribution in [2.24, 2.45) is 23.7 Å². The molecule has 1 aliphatic carbocycles. The van der Waals surface area contributed by atoms with Crippen molar-refractivity contribution in [1.82, 2.24) is 0 Å². The summed E-state index contributed by atoms with van der Waals surface area (Å²) >= 11 is 0. The fourth-order valence-electron chi connectivity index (χ4n) is 3.65. The maximum Gasteiger partial charge on any atom is 0.0818 e. The van der Waals surface area contributed by atoms with Crippen molar-refractivity contribution >= 4 is 0 Å². The normalized spacial score (nSPS) is 31.9. The first-order valence-electron chi connectivity index (χ1n) is 7.31. The van der Waals surface area contributed by atoms with Crippen molar-refractivity contribution in [2.45, 2.75) is 46.1 Å². The Morgan fingerprint density at radius 3 is 2.11 bits per heavy atom. The average molecular weight is 246 g/mol. The highest BCUT2D eigenvalue weighted by Crippen LogP contribution is 2.41. The molecule has 4 atom stereocenters. The van der Waals surface area contributed by atoms with Crippen LogP contribution in [0, 0.1) is 23.7 Å². The second-order valence-electron chi connectivity index (χ2n) is 6.39. The topological polar surface area (TPSA) is 20.2 Å². The zero-order valence-electron chi connectivity index (χ0n) is 11.8. The van der Waals surface area contributed by atoms with Gasteiger partial charge in [-0.2, -0.15) is 0 Å². The molecule has 1 aromatic rings. The van der Waals surface area contributed by atoms with Crippen LogP contribution in [0.2, 0.25) is 0 Å². The third-order valence-corrected chi connectivity index (χ3v) is 4.60. The van der Waals surface area contributed by atoms with Gasteiger partial charge in [-0.25, -0.2) is 0 Å². The Morgan fingerprint density at radius 1 is 1.00 bits per heavy atom. The van der Waals surface area contributed by atoms with Gasteiger partial charge < -0.3 is 5.11 Å². The summed E-state index contributed by atoms with van der Waals surface area (Å²) in [7, 11) is 0. The van der Waals surface area contributed by atoms with Gasteiger partial charge in [0.05, 0.1) is 6.10 Å². The van der Waals surface area contributed by atoms with E-state index in [-0.39, 0.29) is 6.10 Å². The highest BCUT2D eigenvalue weighted by molar-refractivity contribution is 5.18. The van der Waals surface area contributed by atoms with E-state index in [1.165, 1.54) is 19.3 Å². The Hall–Kier alpha value is -0.820. The number of benzene rings is 1. The summed E-state index contributed by atoms with van der Waals surface area (Å²) in [5.41, 5.74) is 1.07. The van der Waals surface area contributed by atoms with E-state index in [4.69, 9.17) is 0 Å². The van der Waals surface area contributed by atoms with Crippen LogP contribution in [-0.4, -0.2) is 5.11 Å². The maximum absolute atomic E-state index is 10.5. The largest absolute Gasteiger partial charge is 0.388 e. The van der Waals surface area contributed by atoms with E-state index >= 15 is 0 Å². The maximum atomic E-state index is 10.5. The summed E-state index contributed by atoms with van der Waals surface area (Å²) in [6.45, 7) is 6.92. The van der Waals surface area contributed by atoms with E-state index in [9.17, 15) is 5.11 Å². The van der Waals surface area contributed by atoms with E-state index in [1.54, 1.807) is 0 Å². The quantitative estimate of drug-likeness (QED) is 0.836. The molecular weight excluding hydrogens is 220 g/mol. The number of aliphatic hydroxyl groups is 1. The first-order chi connectivity index (χ1) is 8.58. The number of aliphatic hydroxyl groups excluding tert-OH is 1. The zero-order valence-corrected chi connectivity index (χ0v) is 11.8. The predicted octanol–water partition coefficient (Wildman–Crippen LogP) is 4.43. The standard InChI is InChI=1S/C17H26O/c1-12-9-13(2)11-16(10-12)14(3)17(18)15-7-5-4-6-8-15/h4-8,12-14,16-18H,9-11H2,1-3H3. The first-order valence-corrected chi connectivity index (χ1v) is 7.31. The van der Waals surface area contributed by atoms with Crippen molar-refractivity contribution in [2.75, 3.05) is 0 Å². The minimum Gasteiger partial charge on any atom is -0.388 e. The molecule has 0 bridgehead atoms. The highest BCUT2D eigenvalue weighted by Gasteiger charge is 2.31. The Morgan fingerprint density at radius 2 is 1.56 bits per heavy atom. The molecule has 18 heavy (non-hydrogen) atoms. The third-order valence-electron chi connectivity index (χ3n) is 4.60. The number of hydrogen-bond donors (Lipinski definition) is 1. The Kier molecular flexibility index (Phi) is 4.45. The summed E-state index contributed by atoms with van der Waals surface area (Å²) < 4.78 is 0. The fourth-order valence-corrected chi connectivity index (χ4v) is 3.65. The Bertz CT molecular complexity index is 349. The van der Waals surface area contributed by atoms with Crippen LogP contribution >= 0.6 is 0 Å². The second-order valence-corrected chi connectivity index (χ2v) is 6.39. The van der Waals surface area contributed by atoms with E-state index in [0.29, 0.717) is 11.8 Å². The van der Waals surface area contributed by atoms with Crippen molar-refractivity contribution in [3.05, 3.63) is 35.9 Å². The SMILES string of the molecule is CC1CC(C)CC(C(C)C(O)c2ccccc2)C1. The van der Waals surface area contributed by atoms with Crippen LogP contribution in [0.5, 0.6) is 0 Å². The van der Waals surface area contributed by atoms with Gasteiger partial charge in [0.1, 0.15) is 0 Å². The molecule has 0 amide bonds. The van der Waals surface area contributed by atoms with Crippen LogP contribution in [0.25, 0.3) is 0 Å². The first kappa shape index (κ1) is 13.6. The minimum absolute atomic E-state index is 0.311. The molecule has 0 aromatic heterocycles. The van der Waals surface area contributed by atoms with Gasteiger partial charge in [-0.3, -0.25) is 0 Å². The molecule has 0 heterocycles. The van der Waals surface area contributed by atoms with Crippen molar-refractivity contribution in [3.63, 3.8) is 0 Å². The molecule has 4 unspecified atom stereocenters. The van der Waals surface area contributed by atoms with Crippen LogP contribution < -0.4 is 0 Å². The van der Waals surface area contributed by atoms with Gasteiger partial charge in [0.25, 0.3) is 0 Å². The van der Waals surface area contributed by atoms with Crippen LogP contribution in [0.15, 0.2) is 30.3 Å². The van der Waals surface area contributed by atoms with Crippen molar-refractivity contribution in [1.29, 1.82) is 0 Å². The summed E-state index contributed by atoms with van der Waals surface area (Å²) in [5, 5.41) is 10.5. The fraction of sp³-hybridized carbons (Fsp3) is 0.647. The lowest BCUT2D eigenvalue weighted by Crippen LogP contribution is -2.27. The predicted molar refractivity (Wildman–Crippen MR) is 76.2 cm³/mol. The summed E-state index contributed by atoms with van der Waals surface area (Å²) in [5.74, 6) is 2.64. The van der Waals surface area contributed by atoms with Crippen molar-refractivity contribution in [3.8, 4) is 0 Å². The summed E-state index contributed by atoms with van der Waals surface area (Å²) in [6, 6.07) is 10.1. The zero-order chi connectivity index (χ0) is 13.1. The molecule has 1 nitrogen and oxygen atoms in total. The lowest BCUT2D eigenvalue weighted by atomic mass is 9.70. The van der Waals surface area contributed by atoms with Gasteiger partial charge >= 0.3 is 0 Å². The van der Waals surface area contributed by atoms with E-state index in [2.05, 4.69) is 20.8 Å². The molecule has 1 aromatic carbocycles. The Labute approximate surface area is 111 Å². The Balaban J connectivity index is 2.04. The smallest absolute Gasteiger partial charge is 0.0818 e. The van der Waals surface area contributed by atoms with Gasteiger partial charge in [0, 0.05) is 0 Å². The summed E-state index contributed by atoms with van der Waals surface area (Å²) in [4.78, 5) is 0. The number of hydrogen-bond acceptors (Lipinski definition) is 1. The van der Waals surface area contributed by atoms with Crippen LogP contribution in [0.1, 0.15) is 51.7 Å². The van der Waals surface area contributed by atoms with Gasteiger partial charge in [-0.15, -0.1) is 0 Å². The molecule has 1 saturated carbocycles. The molecule has 0 aliphatic heterocycles. The van der Waals surface area contributed by atoms with Gasteiger partial charge in [0.2, 0.25) is 0 Å².